The zero-order valence-corrected chi connectivity index (χ0v) is 11.2. The van der Waals surface area contributed by atoms with E-state index in [1.165, 1.54) is 0 Å². The van der Waals surface area contributed by atoms with Crippen LogP contribution in [0.4, 0.5) is 0 Å². The van der Waals surface area contributed by atoms with Gasteiger partial charge in [0.15, 0.2) is 0 Å². The number of aryl methyl sites for hydroxylation is 1. The summed E-state index contributed by atoms with van der Waals surface area (Å²) in [6.45, 7) is 5.66. The minimum Gasteiger partial charge on any atom is -0.481 e. The summed E-state index contributed by atoms with van der Waals surface area (Å²) in [5.41, 5.74) is 0.239. The quantitative estimate of drug-likeness (QED) is 0.836. The number of amides is 1. The van der Waals surface area contributed by atoms with Crippen molar-refractivity contribution in [2.75, 3.05) is 0 Å². The average molecular weight is 263 g/mol. The van der Waals surface area contributed by atoms with Gasteiger partial charge < -0.3 is 10.4 Å². The highest BCUT2D eigenvalue weighted by molar-refractivity contribution is 5.91. The van der Waals surface area contributed by atoms with Crippen molar-refractivity contribution in [1.82, 2.24) is 15.3 Å². The largest absolute Gasteiger partial charge is 0.481 e. The number of aromatic nitrogens is 2. The molecular weight excluding hydrogens is 246 g/mol. The van der Waals surface area contributed by atoms with E-state index in [2.05, 4.69) is 15.3 Å². The third-order valence-corrected chi connectivity index (χ3v) is 3.65. The first-order chi connectivity index (χ1) is 8.84. The summed E-state index contributed by atoms with van der Waals surface area (Å²) < 4.78 is 0. The van der Waals surface area contributed by atoms with Crippen molar-refractivity contribution in [3.8, 4) is 0 Å². The molecule has 102 valence electrons. The summed E-state index contributed by atoms with van der Waals surface area (Å²) in [6, 6.07) is 1.72. The molecule has 1 fully saturated rings. The number of carbonyl (C=O) groups excluding carboxylic acids is 1. The Hall–Kier alpha value is -1.98. The maximum absolute atomic E-state index is 12.0. The molecule has 1 amide bonds. The highest BCUT2D eigenvalue weighted by Crippen LogP contribution is 2.58. The van der Waals surface area contributed by atoms with Crippen LogP contribution in [0.5, 0.6) is 0 Å². The molecular formula is C13H17N3O3. The fourth-order valence-electron chi connectivity index (χ4n) is 2.48. The summed E-state index contributed by atoms with van der Waals surface area (Å²) in [5.74, 6) is -1.56. The summed E-state index contributed by atoms with van der Waals surface area (Å²) in [4.78, 5) is 31.1. The molecule has 1 aliphatic rings. The minimum absolute atomic E-state index is 0.228. The van der Waals surface area contributed by atoms with Crippen molar-refractivity contribution >= 4 is 11.9 Å². The molecule has 1 aromatic heterocycles. The van der Waals surface area contributed by atoms with Crippen LogP contribution >= 0.6 is 0 Å². The monoisotopic (exact) mass is 263 g/mol. The third-order valence-electron chi connectivity index (χ3n) is 3.65. The first kappa shape index (κ1) is 13.5. The van der Waals surface area contributed by atoms with Gasteiger partial charge in [-0.25, -0.2) is 9.97 Å². The predicted molar refractivity (Wildman–Crippen MR) is 67.0 cm³/mol. The highest BCUT2D eigenvalue weighted by Gasteiger charge is 2.65. The minimum atomic E-state index is -0.914. The molecule has 1 aromatic rings. The Morgan fingerprint density at radius 2 is 2.11 bits per heavy atom. The van der Waals surface area contributed by atoms with E-state index in [1.807, 2.05) is 0 Å². The molecule has 6 nitrogen and oxygen atoms in total. The zero-order valence-electron chi connectivity index (χ0n) is 11.2. The van der Waals surface area contributed by atoms with Gasteiger partial charge in [-0.05, 0) is 18.4 Å². The van der Waals surface area contributed by atoms with E-state index in [4.69, 9.17) is 5.11 Å². The molecule has 2 atom stereocenters. The van der Waals surface area contributed by atoms with Crippen LogP contribution in [0.3, 0.4) is 0 Å². The number of rotatable bonds is 4. The number of hydrogen-bond donors (Lipinski definition) is 2. The molecule has 0 spiro atoms. The summed E-state index contributed by atoms with van der Waals surface area (Å²) in [6.07, 6.45) is 1.63. The van der Waals surface area contributed by atoms with Crippen LogP contribution in [-0.2, 0) is 16.1 Å². The van der Waals surface area contributed by atoms with Crippen LogP contribution in [0.2, 0.25) is 0 Å². The lowest BCUT2D eigenvalue weighted by Crippen LogP contribution is -2.27. The Bertz CT molecular complexity index is 528. The van der Waals surface area contributed by atoms with Crippen molar-refractivity contribution in [2.45, 2.75) is 27.3 Å². The Balaban J connectivity index is 1.95. The van der Waals surface area contributed by atoms with Gasteiger partial charge >= 0.3 is 5.97 Å². The van der Waals surface area contributed by atoms with Crippen LogP contribution in [0.1, 0.15) is 25.4 Å². The van der Waals surface area contributed by atoms with Crippen molar-refractivity contribution in [3.63, 3.8) is 0 Å². The van der Waals surface area contributed by atoms with Crippen LogP contribution in [0.25, 0.3) is 0 Å². The second kappa shape index (κ2) is 4.60. The molecule has 6 heteroatoms. The Kier molecular flexibility index (Phi) is 3.26. The Morgan fingerprint density at radius 3 is 2.63 bits per heavy atom. The lowest BCUT2D eigenvalue weighted by Gasteiger charge is -2.05. The van der Waals surface area contributed by atoms with Crippen LogP contribution in [-0.4, -0.2) is 27.0 Å². The lowest BCUT2D eigenvalue weighted by molar-refractivity contribution is -0.140. The fraction of sp³-hybridized carbons (Fsp3) is 0.538. The lowest BCUT2D eigenvalue weighted by atomic mass is 10.1. The molecule has 2 rings (SSSR count). The first-order valence-corrected chi connectivity index (χ1v) is 6.13. The van der Waals surface area contributed by atoms with Gasteiger partial charge in [0.25, 0.3) is 0 Å². The standard InChI is InChI=1S/C13H17N3O3/c1-7-14-5-4-8(16-7)6-15-11(17)9-10(12(18)19)13(9,2)3/h4-5,9-10H,6H2,1-3H3,(H,15,17)(H,18,19). The van der Waals surface area contributed by atoms with Gasteiger partial charge in [-0.1, -0.05) is 13.8 Å². The van der Waals surface area contributed by atoms with Gasteiger partial charge in [0.2, 0.25) is 5.91 Å². The number of aliphatic carboxylic acids is 1. The molecule has 1 heterocycles. The van der Waals surface area contributed by atoms with Crippen LogP contribution in [0.15, 0.2) is 12.3 Å². The average Bonchev–Trinajstić information content (AvgIpc) is 2.90. The van der Waals surface area contributed by atoms with E-state index in [9.17, 15) is 9.59 Å². The van der Waals surface area contributed by atoms with Gasteiger partial charge in [-0.2, -0.15) is 0 Å². The molecule has 1 saturated carbocycles. The maximum Gasteiger partial charge on any atom is 0.307 e. The number of carboxylic acid groups (broad SMARTS) is 1. The van der Waals surface area contributed by atoms with Gasteiger partial charge in [0.1, 0.15) is 5.82 Å². The maximum atomic E-state index is 12.0. The number of nitrogens with one attached hydrogen (secondary N) is 1. The normalized spacial score (nSPS) is 23.7. The number of hydrogen-bond acceptors (Lipinski definition) is 4. The molecule has 19 heavy (non-hydrogen) atoms. The molecule has 1 aliphatic carbocycles. The van der Waals surface area contributed by atoms with Gasteiger partial charge in [0.05, 0.1) is 24.1 Å². The molecule has 2 N–H and O–H groups in total. The smallest absolute Gasteiger partial charge is 0.307 e. The first-order valence-electron chi connectivity index (χ1n) is 6.13. The van der Waals surface area contributed by atoms with Crippen molar-refractivity contribution in [3.05, 3.63) is 23.8 Å². The third kappa shape index (κ3) is 2.57. The molecule has 0 aromatic carbocycles. The van der Waals surface area contributed by atoms with Gasteiger partial charge in [-0.15, -0.1) is 0 Å². The van der Waals surface area contributed by atoms with E-state index in [0.29, 0.717) is 18.1 Å². The summed E-state index contributed by atoms with van der Waals surface area (Å²) in [5, 5.41) is 11.8. The molecule has 0 radical (unpaired) electrons. The predicted octanol–water partition coefficient (Wildman–Crippen LogP) is 0.758. The Morgan fingerprint density at radius 1 is 1.42 bits per heavy atom. The Labute approximate surface area is 111 Å². The molecule has 0 aliphatic heterocycles. The molecule has 0 saturated heterocycles. The molecule has 2 unspecified atom stereocenters. The van der Waals surface area contributed by atoms with E-state index < -0.39 is 23.2 Å². The van der Waals surface area contributed by atoms with Crippen molar-refractivity contribution in [2.24, 2.45) is 17.3 Å². The SMILES string of the molecule is Cc1nccc(CNC(=O)C2C(C(=O)O)C2(C)C)n1. The molecule has 0 bridgehead atoms. The van der Waals surface area contributed by atoms with E-state index in [0.717, 1.165) is 0 Å². The number of carbonyl (C=O) groups is 2. The van der Waals surface area contributed by atoms with Crippen molar-refractivity contribution in [1.29, 1.82) is 0 Å². The number of carboxylic acids is 1. The second-order valence-electron chi connectivity index (χ2n) is 5.43. The summed E-state index contributed by atoms with van der Waals surface area (Å²) >= 11 is 0. The highest BCUT2D eigenvalue weighted by atomic mass is 16.4. The van der Waals surface area contributed by atoms with Gasteiger partial charge in [-0.3, -0.25) is 9.59 Å². The fourth-order valence-corrected chi connectivity index (χ4v) is 2.48. The topological polar surface area (TPSA) is 92.2 Å². The second-order valence-corrected chi connectivity index (χ2v) is 5.43. The van der Waals surface area contributed by atoms with Crippen LogP contribution in [0, 0.1) is 24.2 Å². The summed E-state index contributed by atoms with van der Waals surface area (Å²) in [7, 11) is 0. The van der Waals surface area contributed by atoms with E-state index >= 15 is 0 Å². The van der Waals surface area contributed by atoms with Crippen molar-refractivity contribution < 1.29 is 14.7 Å². The zero-order chi connectivity index (χ0) is 14.2. The van der Waals surface area contributed by atoms with E-state index in [-0.39, 0.29) is 5.91 Å². The number of nitrogens with zero attached hydrogens (tertiary/aromatic N) is 2. The van der Waals surface area contributed by atoms with Crippen LogP contribution < -0.4 is 5.32 Å². The van der Waals surface area contributed by atoms with E-state index in [1.54, 1.807) is 33.0 Å². The van der Waals surface area contributed by atoms with Gasteiger partial charge in [0, 0.05) is 6.20 Å².